The van der Waals surface area contributed by atoms with Crippen LogP contribution in [0, 0.1) is 11.8 Å². The van der Waals surface area contributed by atoms with Crippen molar-refractivity contribution < 1.29 is 29.0 Å². The molecular formula is C30H44N2O6S. The average Bonchev–Trinajstić information content (AvgIpc) is 3.61. The molecule has 9 heteroatoms. The van der Waals surface area contributed by atoms with Crippen LogP contribution in [-0.4, -0.2) is 51.4 Å². The summed E-state index contributed by atoms with van der Waals surface area (Å²) in [6.45, 7) is 6.10. The topological polar surface area (TPSA) is 122 Å². The SMILES string of the molecule is CCCCOC(=O)[C@H](Cc1ccc(O)cc1)NC(=O)C1(NC(=O)[C@@H](SC(=O)C2CCCC2)C(C)C)CCCC1. The molecule has 0 spiro atoms. The number of rotatable bonds is 13. The fraction of sp³-hybridized carbons (Fsp3) is 0.667. The summed E-state index contributed by atoms with van der Waals surface area (Å²) >= 11 is 1.11. The smallest absolute Gasteiger partial charge is 0.328 e. The van der Waals surface area contributed by atoms with Crippen LogP contribution >= 0.6 is 11.8 Å². The van der Waals surface area contributed by atoms with Gasteiger partial charge in [0.2, 0.25) is 11.8 Å². The van der Waals surface area contributed by atoms with Gasteiger partial charge in [0, 0.05) is 12.3 Å². The van der Waals surface area contributed by atoms with Gasteiger partial charge in [0.1, 0.15) is 17.3 Å². The Hall–Kier alpha value is -2.55. The van der Waals surface area contributed by atoms with Crippen molar-refractivity contribution in [1.82, 2.24) is 10.6 Å². The number of phenolic OH excluding ortho intramolecular Hbond substituents is 1. The Morgan fingerprint density at radius 3 is 2.28 bits per heavy atom. The minimum absolute atomic E-state index is 0.00664. The maximum absolute atomic E-state index is 13.8. The van der Waals surface area contributed by atoms with Crippen molar-refractivity contribution >= 4 is 34.7 Å². The van der Waals surface area contributed by atoms with E-state index < -0.39 is 28.7 Å². The molecule has 2 atom stereocenters. The van der Waals surface area contributed by atoms with E-state index in [1.807, 2.05) is 20.8 Å². The van der Waals surface area contributed by atoms with E-state index in [-0.39, 0.29) is 41.6 Å². The van der Waals surface area contributed by atoms with Crippen molar-refractivity contribution in [3.05, 3.63) is 29.8 Å². The zero-order chi connectivity index (χ0) is 28.4. The van der Waals surface area contributed by atoms with Crippen LogP contribution in [0.4, 0.5) is 0 Å². The molecule has 39 heavy (non-hydrogen) atoms. The lowest BCUT2D eigenvalue weighted by atomic mass is 9.94. The van der Waals surface area contributed by atoms with Gasteiger partial charge in [-0.2, -0.15) is 0 Å². The Kier molecular flexibility index (Phi) is 11.7. The molecule has 0 bridgehead atoms. The Bertz CT molecular complexity index is 984. The molecule has 0 aromatic heterocycles. The van der Waals surface area contributed by atoms with Gasteiger partial charge in [-0.15, -0.1) is 0 Å². The number of carbonyl (C=O) groups excluding carboxylic acids is 4. The molecule has 1 aromatic rings. The van der Waals surface area contributed by atoms with Crippen molar-refractivity contribution in [3.8, 4) is 5.75 Å². The van der Waals surface area contributed by atoms with E-state index in [1.165, 1.54) is 12.1 Å². The van der Waals surface area contributed by atoms with Crippen LogP contribution in [-0.2, 0) is 30.3 Å². The molecule has 0 saturated heterocycles. The van der Waals surface area contributed by atoms with E-state index in [0.717, 1.165) is 68.7 Å². The highest BCUT2D eigenvalue weighted by molar-refractivity contribution is 8.14. The minimum Gasteiger partial charge on any atom is -0.508 e. The molecule has 3 N–H and O–H groups in total. The first-order chi connectivity index (χ1) is 18.6. The summed E-state index contributed by atoms with van der Waals surface area (Å²) in [4.78, 5) is 53.2. The number of ether oxygens (including phenoxy) is 1. The highest BCUT2D eigenvalue weighted by Gasteiger charge is 2.45. The molecule has 3 rings (SSSR count). The molecule has 0 unspecified atom stereocenters. The number of thioether (sulfide) groups is 1. The number of unbranched alkanes of at least 4 members (excludes halogenated alkanes) is 1. The van der Waals surface area contributed by atoms with E-state index in [2.05, 4.69) is 10.6 Å². The second-order valence-electron chi connectivity index (χ2n) is 11.3. The van der Waals surface area contributed by atoms with Crippen molar-refractivity contribution in [2.24, 2.45) is 11.8 Å². The van der Waals surface area contributed by atoms with E-state index in [0.29, 0.717) is 12.8 Å². The minimum atomic E-state index is -1.14. The molecule has 216 valence electrons. The predicted molar refractivity (Wildman–Crippen MR) is 152 cm³/mol. The lowest BCUT2D eigenvalue weighted by Crippen LogP contribution is -2.61. The zero-order valence-corrected chi connectivity index (χ0v) is 24.3. The fourth-order valence-corrected chi connectivity index (χ4v) is 6.46. The van der Waals surface area contributed by atoms with Crippen LogP contribution in [0.1, 0.15) is 90.5 Å². The van der Waals surface area contributed by atoms with Crippen LogP contribution in [0.15, 0.2) is 24.3 Å². The summed E-state index contributed by atoms with van der Waals surface area (Å²) in [6.07, 6.45) is 8.12. The molecule has 2 fully saturated rings. The fourth-order valence-electron chi connectivity index (χ4n) is 5.34. The standard InChI is InChI=1S/C30H44N2O6S/c1-4-5-18-38-27(35)24(19-21-12-14-23(33)15-13-21)31-29(37)30(16-8-9-17-30)32-26(34)25(20(2)3)39-28(36)22-10-6-7-11-22/h12-15,20,22,24-25,33H,4-11,16-19H2,1-3H3,(H,31,37)(H,32,34)/t24-,25-/m0/s1. The van der Waals surface area contributed by atoms with Gasteiger partial charge >= 0.3 is 5.97 Å². The lowest BCUT2D eigenvalue weighted by molar-refractivity contribution is -0.149. The molecule has 0 heterocycles. The first-order valence-electron chi connectivity index (χ1n) is 14.4. The summed E-state index contributed by atoms with van der Waals surface area (Å²) in [6, 6.07) is 5.53. The molecule has 2 aliphatic carbocycles. The van der Waals surface area contributed by atoms with E-state index in [1.54, 1.807) is 12.1 Å². The van der Waals surface area contributed by atoms with E-state index in [4.69, 9.17) is 4.74 Å². The Balaban J connectivity index is 1.74. The van der Waals surface area contributed by atoms with Crippen LogP contribution in [0.25, 0.3) is 0 Å². The third-order valence-electron chi connectivity index (χ3n) is 7.76. The van der Waals surface area contributed by atoms with E-state index in [9.17, 15) is 24.3 Å². The number of hydrogen-bond acceptors (Lipinski definition) is 7. The summed E-state index contributed by atoms with van der Waals surface area (Å²) in [5.41, 5.74) is -0.380. The second-order valence-corrected chi connectivity index (χ2v) is 12.4. The van der Waals surface area contributed by atoms with E-state index >= 15 is 0 Å². The number of carbonyl (C=O) groups is 4. The normalized spacial score (nSPS) is 18.5. The largest absolute Gasteiger partial charge is 0.508 e. The third-order valence-corrected chi connectivity index (χ3v) is 9.34. The molecule has 1 aromatic carbocycles. The monoisotopic (exact) mass is 560 g/mol. The number of benzene rings is 1. The van der Waals surface area contributed by atoms with Crippen LogP contribution in [0.3, 0.4) is 0 Å². The van der Waals surface area contributed by atoms with Crippen molar-refractivity contribution in [1.29, 1.82) is 0 Å². The maximum Gasteiger partial charge on any atom is 0.328 e. The van der Waals surface area contributed by atoms with Crippen molar-refractivity contribution in [3.63, 3.8) is 0 Å². The molecule has 2 aliphatic rings. The molecule has 0 aliphatic heterocycles. The first-order valence-corrected chi connectivity index (χ1v) is 15.3. The van der Waals surface area contributed by atoms with Gasteiger partial charge < -0.3 is 20.5 Å². The Morgan fingerprint density at radius 1 is 1.05 bits per heavy atom. The lowest BCUT2D eigenvalue weighted by Gasteiger charge is -2.33. The number of amides is 2. The van der Waals surface area contributed by atoms with Crippen LogP contribution in [0.5, 0.6) is 5.75 Å². The highest BCUT2D eigenvalue weighted by Crippen LogP contribution is 2.35. The summed E-state index contributed by atoms with van der Waals surface area (Å²) in [5, 5.41) is 15.0. The van der Waals surface area contributed by atoms with Gasteiger partial charge in [0.25, 0.3) is 0 Å². The summed E-state index contributed by atoms with van der Waals surface area (Å²) < 4.78 is 5.45. The molecule has 2 saturated carbocycles. The number of esters is 1. The molecular weight excluding hydrogens is 516 g/mol. The van der Waals surface area contributed by atoms with Gasteiger partial charge in [-0.1, -0.05) is 76.8 Å². The summed E-state index contributed by atoms with van der Waals surface area (Å²) in [7, 11) is 0. The number of hydrogen-bond donors (Lipinski definition) is 3. The molecule has 2 amide bonds. The van der Waals surface area contributed by atoms with Crippen molar-refractivity contribution in [2.75, 3.05) is 6.61 Å². The van der Waals surface area contributed by atoms with Gasteiger partial charge in [-0.25, -0.2) is 4.79 Å². The van der Waals surface area contributed by atoms with Crippen LogP contribution < -0.4 is 10.6 Å². The highest BCUT2D eigenvalue weighted by atomic mass is 32.2. The Morgan fingerprint density at radius 2 is 1.69 bits per heavy atom. The quantitative estimate of drug-likeness (QED) is 0.237. The van der Waals surface area contributed by atoms with Gasteiger partial charge in [-0.3, -0.25) is 14.4 Å². The Labute approximate surface area is 236 Å². The maximum atomic E-state index is 13.8. The van der Waals surface area contributed by atoms with Crippen LogP contribution in [0.2, 0.25) is 0 Å². The zero-order valence-electron chi connectivity index (χ0n) is 23.5. The third kappa shape index (κ3) is 8.72. The molecule has 8 nitrogen and oxygen atoms in total. The number of nitrogens with one attached hydrogen (secondary N) is 2. The first kappa shape index (κ1) is 31.0. The summed E-state index contributed by atoms with van der Waals surface area (Å²) in [5.74, 6) is -1.20. The van der Waals surface area contributed by atoms with Gasteiger partial charge in [-0.05, 0) is 55.7 Å². The average molecular weight is 561 g/mol. The predicted octanol–water partition coefficient (Wildman–Crippen LogP) is 4.67. The van der Waals surface area contributed by atoms with Crippen molar-refractivity contribution in [2.45, 2.75) is 108 Å². The number of aromatic hydroxyl groups is 1. The number of phenols is 1. The van der Waals surface area contributed by atoms with Gasteiger partial charge in [0.05, 0.1) is 11.9 Å². The second kappa shape index (κ2) is 14.7. The molecule has 0 radical (unpaired) electrons. The van der Waals surface area contributed by atoms with Gasteiger partial charge in [0.15, 0.2) is 5.12 Å².